The number of Topliss-reactive ketones (excluding diaryl/α,β-unsaturated/α-hetero) is 1. The third-order valence-corrected chi connectivity index (χ3v) is 5.33. The molecule has 0 aromatic heterocycles. The van der Waals surface area contributed by atoms with Gasteiger partial charge in [0.2, 0.25) is 0 Å². The highest BCUT2D eigenvalue weighted by Gasteiger charge is 2.62. The zero-order valence-corrected chi connectivity index (χ0v) is 9.85. The molecule has 1 saturated carbocycles. The fourth-order valence-corrected chi connectivity index (χ4v) is 4.20. The molecule has 0 radical (unpaired) electrons. The number of rotatable bonds is 3. The molecule has 0 aromatic carbocycles. The van der Waals surface area contributed by atoms with E-state index in [1.165, 1.54) is 24.3 Å². The molecule has 0 spiro atoms. The van der Waals surface area contributed by atoms with Gasteiger partial charge in [-0.05, 0) is 42.6 Å². The van der Waals surface area contributed by atoms with Crippen LogP contribution in [0.5, 0.6) is 0 Å². The highest BCUT2D eigenvalue weighted by atomic mass is 32.2. The van der Waals surface area contributed by atoms with Gasteiger partial charge in [0, 0.05) is 6.42 Å². The number of carbonyl (C=O) groups is 1. The van der Waals surface area contributed by atoms with Gasteiger partial charge in [-0.15, -0.1) is 0 Å². The normalized spacial score (nSPS) is 40.1. The SMILES string of the molecule is O=C(CC1CCSCC1)C12COCC1C2. The van der Waals surface area contributed by atoms with Crippen LogP contribution in [0.1, 0.15) is 25.7 Å². The lowest BCUT2D eigenvalue weighted by atomic mass is 9.88. The zero-order chi connectivity index (χ0) is 10.3. The highest BCUT2D eigenvalue weighted by Crippen LogP contribution is 2.58. The average molecular weight is 226 g/mol. The van der Waals surface area contributed by atoms with Crippen LogP contribution in [0.15, 0.2) is 0 Å². The van der Waals surface area contributed by atoms with Crippen molar-refractivity contribution in [3.63, 3.8) is 0 Å². The number of ether oxygens (including phenoxy) is 1. The van der Waals surface area contributed by atoms with Crippen molar-refractivity contribution in [2.24, 2.45) is 17.3 Å². The number of fused-ring (bicyclic) bond motifs is 1. The van der Waals surface area contributed by atoms with E-state index in [0.29, 0.717) is 17.6 Å². The van der Waals surface area contributed by atoms with Crippen LogP contribution in [0.4, 0.5) is 0 Å². The van der Waals surface area contributed by atoms with Gasteiger partial charge in [-0.1, -0.05) is 0 Å². The number of hydrogen-bond donors (Lipinski definition) is 0. The summed E-state index contributed by atoms with van der Waals surface area (Å²) < 4.78 is 5.40. The Bertz CT molecular complexity index is 273. The molecule has 0 bridgehead atoms. The lowest BCUT2D eigenvalue weighted by molar-refractivity contribution is -0.126. The van der Waals surface area contributed by atoms with E-state index in [-0.39, 0.29) is 5.41 Å². The summed E-state index contributed by atoms with van der Waals surface area (Å²) in [4.78, 5) is 12.2. The van der Waals surface area contributed by atoms with E-state index >= 15 is 0 Å². The number of hydrogen-bond acceptors (Lipinski definition) is 3. The summed E-state index contributed by atoms with van der Waals surface area (Å²) in [6.45, 7) is 1.56. The number of carbonyl (C=O) groups excluding carboxylic acids is 1. The van der Waals surface area contributed by atoms with E-state index in [0.717, 1.165) is 26.1 Å². The van der Waals surface area contributed by atoms with Crippen molar-refractivity contribution in [2.45, 2.75) is 25.7 Å². The zero-order valence-electron chi connectivity index (χ0n) is 9.04. The van der Waals surface area contributed by atoms with Crippen molar-refractivity contribution in [1.82, 2.24) is 0 Å². The van der Waals surface area contributed by atoms with E-state index in [2.05, 4.69) is 0 Å². The summed E-state index contributed by atoms with van der Waals surface area (Å²) in [5.74, 6) is 4.29. The lowest BCUT2D eigenvalue weighted by Crippen LogP contribution is -2.24. The van der Waals surface area contributed by atoms with E-state index in [1.54, 1.807) is 0 Å². The van der Waals surface area contributed by atoms with Gasteiger partial charge in [0.05, 0.1) is 18.6 Å². The first-order valence-corrected chi connectivity index (χ1v) is 7.15. The van der Waals surface area contributed by atoms with E-state index in [9.17, 15) is 4.79 Å². The minimum atomic E-state index is 0.00455. The molecule has 0 N–H and O–H groups in total. The Morgan fingerprint density at radius 1 is 1.40 bits per heavy atom. The molecule has 2 unspecified atom stereocenters. The maximum absolute atomic E-state index is 12.2. The summed E-state index contributed by atoms with van der Waals surface area (Å²) in [7, 11) is 0. The fourth-order valence-electron chi connectivity index (χ4n) is 3.00. The van der Waals surface area contributed by atoms with Crippen LogP contribution in [0.2, 0.25) is 0 Å². The van der Waals surface area contributed by atoms with Gasteiger partial charge >= 0.3 is 0 Å². The smallest absolute Gasteiger partial charge is 0.141 e. The van der Waals surface area contributed by atoms with Crippen LogP contribution in [-0.4, -0.2) is 30.5 Å². The van der Waals surface area contributed by atoms with Gasteiger partial charge in [-0.25, -0.2) is 0 Å². The van der Waals surface area contributed by atoms with Crippen molar-refractivity contribution in [2.75, 3.05) is 24.7 Å². The van der Waals surface area contributed by atoms with Crippen molar-refractivity contribution in [3.05, 3.63) is 0 Å². The van der Waals surface area contributed by atoms with Gasteiger partial charge in [-0.2, -0.15) is 11.8 Å². The molecule has 3 rings (SSSR count). The van der Waals surface area contributed by atoms with Crippen LogP contribution in [0, 0.1) is 17.3 Å². The summed E-state index contributed by atoms with van der Waals surface area (Å²) in [6.07, 6.45) is 4.45. The van der Waals surface area contributed by atoms with Crippen LogP contribution in [0.25, 0.3) is 0 Å². The second-order valence-electron chi connectivity index (χ2n) is 5.26. The molecule has 3 fully saturated rings. The molecule has 0 amide bonds. The first kappa shape index (κ1) is 10.2. The monoisotopic (exact) mass is 226 g/mol. The average Bonchev–Trinajstić information content (AvgIpc) is 2.84. The second kappa shape index (κ2) is 3.77. The summed E-state index contributed by atoms with van der Waals surface area (Å²) in [5.41, 5.74) is 0.00455. The van der Waals surface area contributed by atoms with Crippen LogP contribution in [-0.2, 0) is 9.53 Å². The largest absolute Gasteiger partial charge is 0.380 e. The molecule has 2 heterocycles. The Hall–Kier alpha value is -0.0200. The Morgan fingerprint density at radius 3 is 2.80 bits per heavy atom. The van der Waals surface area contributed by atoms with Crippen molar-refractivity contribution in [1.29, 1.82) is 0 Å². The minimum absolute atomic E-state index is 0.00455. The van der Waals surface area contributed by atoms with Crippen molar-refractivity contribution >= 4 is 17.5 Å². The minimum Gasteiger partial charge on any atom is -0.380 e. The van der Waals surface area contributed by atoms with Gasteiger partial charge in [0.25, 0.3) is 0 Å². The summed E-state index contributed by atoms with van der Waals surface area (Å²) >= 11 is 2.03. The molecule has 2 saturated heterocycles. The quantitative estimate of drug-likeness (QED) is 0.737. The third kappa shape index (κ3) is 1.74. The molecular formula is C12H18O2S. The first-order valence-electron chi connectivity index (χ1n) is 6.00. The van der Waals surface area contributed by atoms with E-state index < -0.39 is 0 Å². The summed E-state index contributed by atoms with van der Waals surface area (Å²) in [6, 6.07) is 0. The van der Waals surface area contributed by atoms with Gasteiger partial charge < -0.3 is 4.74 Å². The molecule has 1 aliphatic carbocycles. The van der Waals surface area contributed by atoms with E-state index in [1.807, 2.05) is 11.8 Å². The Kier molecular flexibility index (Phi) is 2.56. The van der Waals surface area contributed by atoms with Crippen LogP contribution >= 0.6 is 11.8 Å². The number of ketones is 1. The standard InChI is InChI=1S/C12H18O2S/c13-11(5-9-1-3-15-4-2-9)12-6-10(12)7-14-8-12/h9-10H,1-8H2. The first-order chi connectivity index (χ1) is 7.31. The Labute approximate surface area is 95.1 Å². The molecular weight excluding hydrogens is 208 g/mol. The van der Waals surface area contributed by atoms with Gasteiger partial charge in [-0.3, -0.25) is 4.79 Å². The maximum atomic E-state index is 12.2. The Balaban J connectivity index is 1.56. The third-order valence-electron chi connectivity index (χ3n) is 4.28. The molecule has 2 aliphatic heterocycles. The van der Waals surface area contributed by atoms with Gasteiger partial charge in [0.15, 0.2) is 0 Å². The lowest BCUT2D eigenvalue weighted by Gasteiger charge is -2.22. The molecule has 0 aromatic rings. The molecule has 15 heavy (non-hydrogen) atoms. The predicted molar refractivity (Wildman–Crippen MR) is 61.0 cm³/mol. The molecule has 2 atom stereocenters. The topological polar surface area (TPSA) is 26.3 Å². The molecule has 2 nitrogen and oxygen atoms in total. The highest BCUT2D eigenvalue weighted by molar-refractivity contribution is 7.99. The predicted octanol–water partition coefficient (Wildman–Crippen LogP) is 2.13. The fraction of sp³-hybridized carbons (Fsp3) is 0.917. The maximum Gasteiger partial charge on any atom is 0.141 e. The molecule has 3 heteroatoms. The molecule has 3 aliphatic rings. The van der Waals surface area contributed by atoms with Crippen molar-refractivity contribution in [3.8, 4) is 0 Å². The summed E-state index contributed by atoms with van der Waals surface area (Å²) in [5, 5.41) is 0. The van der Waals surface area contributed by atoms with Crippen LogP contribution in [0.3, 0.4) is 0 Å². The van der Waals surface area contributed by atoms with Gasteiger partial charge in [0.1, 0.15) is 5.78 Å². The van der Waals surface area contributed by atoms with Crippen LogP contribution < -0.4 is 0 Å². The second-order valence-corrected chi connectivity index (χ2v) is 6.48. The van der Waals surface area contributed by atoms with Crippen molar-refractivity contribution < 1.29 is 9.53 Å². The van der Waals surface area contributed by atoms with E-state index in [4.69, 9.17) is 4.74 Å². The number of thioether (sulfide) groups is 1. The Morgan fingerprint density at radius 2 is 2.20 bits per heavy atom. The molecule has 84 valence electrons.